The van der Waals surface area contributed by atoms with Crippen LogP contribution in [0.1, 0.15) is 79.7 Å². The number of anilines is 1. The van der Waals surface area contributed by atoms with E-state index in [0.29, 0.717) is 31.4 Å². The number of unbranched alkanes of at least 4 members (excludes halogenated alkanes) is 2. The summed E-state index contributed by atoms with van der Waals surface area (Å²) in [7, 11) is 0. The normalized spacial score (nSPS) is 12.1. The number of carboxylic acids is 2. The quantitative estimate of drug-likeness (QED) is 0.0353. The van der Waals surface area contributed by atoms with E-state index in [0.717, 1.165) is 36.2 Å². The van der Waals surface area contributed by atoms with Crippen LogP contribution in [0.15, 0.2) is 170 Å². The fraction of sp³-hybridized carbons (Fsp3) is 0.250. The molecule has 338 valence electrons. The molecule has 5 aromatic carbocycles. The molecule has 0 spiro atoms. The zero-order chi connectivity index (χ0) is 46.5. The fourth-order valence-corrected chi connectivity index (χ4v) is 7.71. The third kappa shape index (κ3) is 14.9. The van der Waals surface area contributed by atoms with Crippen LogP contribution in [0.2, 0.25) is 0 Å². The zero-order valence-electron chi connectivity index (χ0n) is 35.8. The van der Waals surface area contributed by atoms with E-state index < -0.39 is 41.5 Å². The molecule has 65 heavy (non-hydrogen) atoms. The molecule has 0 aliphatic rings. The molecule has 0 bridgehead atoms. The van der Waals surface area contributed by atoms with Crippen molar-refractivity contribution in [3.63, 3.8) is 0 Å². The highest BCUT2D eigenvalue weighted by Gasteiger charge is 2.38. The first-order chi connectivity index (χ1) is 31.4. The van der Waals surface area contributed by atoms with Crippen molar-refractivity contribution in [1.29, 1.82) is 0 Å². The molecule has 1 heterocycles. The average Bonchev–Trinajstić information content (AvgIpc) is 3.32. The van der Waals surface area contributed by atoms with Crippen molar-refractivity contribution in [2.75, 3.05) is 11.9 Å². The first-order valence-corrected chi connectivity index (χ1v) is 21.5. The molecule has 2 amide bonds. The van der Waals surface area contributed by atoms with Crippen molar-refractivity contribution in [2.24, 2.45) is 0 Å². The molecule has 0 saturated carbocycles. The number of amides is 2. The molecule has 0 fully saturated rings. The second-order valence-electron chi connectivity index (χ2n) is 15.4. The van der Waals surface area contributed by atoms with Gasteiger partial charge >= 0.3 is 18.1 Å². The number of rotatable bonds is 21. The molecule has 13 heteroatoms. The maximum Gasteiger partial charge on any atom is 0.490 e. The summed E-state index contributed by atoms with van der Waals surface area (Å²) in [5, 5.41) is 26.3. The fourth-order valence-electron chi connectivity index (χ4n) is 7.71. The van der Waals surface area contributed by atoms with Crippen LogP contribution in [-0.4, -0.2) is 57.7 Å². The number of nitrogens with one attached hydrogen (secondary N) is 3. The first kappa shape index (κ1) is 48.7. The lowest BCUT2D eigenvalue weighted by Gasteiger charge is -2.36. The van der Waals surface area contributed by atoms with Crippen molar-refractivity contribution in [2.45, 2.75) is 75.0 Å². The van der Waals surface area contributed by atoms with Crippen molar-refractivity contribution in [1.82, 2.24) is 15.6 Å². The van der Waals surface area contributed by atoms with Gasteiger partial charge in [-0.15, -0.1) is 0 Å². The molecule has 1 unspecified atom stereocenters. The lowest BCUT2D eigenvalue weighted by atomic mass is 9.66. The third-order valence-electron chi connectivity index (χ3n) is 10.9. The van der Waals surface area contributed by atoms with E-state index in [1.807, 2.05) is 91.0 Å². The second-order valence-corrected chi connectivity index (χ2v) is 15.4. The van der Waals surface area contributed by atoms with E-state index in [1.54, 1.807) is 6.20 Å². The number of carbonyl (C=O) groups is 4. The number of benzene rings is 5. The van der Waals surface area contributed by atoms with Gasteiger partial charge in [0.15, 0.2) is 0 Å². The standard InChI is InChI=1S/C50H52N4O4.C2HF3O2/c55-47(29-15-18-36-52-46-28-14-17-35-51-46)53-44(49(58)54-45(37-48(56)57)40-32-30-39(31-33-40)38-19-5-1-6-20-38)27-13-16-34-50(41-21-7-2-8-22-41,42-23-9-3-10-24-42)43-25-11-4-12-26-43;3-2(4,5)1(6)7/h1-12,14,17,19-26,28,30-33,35,44-45H,13,15-16,18,27,29,34,36-37H2,(H,51,52)(H,53,55)(H,54,58)(H,56,57);(H,6,7)/t44-,45?;/m0./s1. The zero-order valence-corrected chi connectivity index (χ0v) is 35.8. The van der Waals surface area contributed by atoms with E-state index in [2.05, 4.69) is 93.7 Å². The predicted octanol–water partition coefficient (Wildman–Crippen LogP) is 10.4. The molecule has 10 nitrogen and oxygen atoms in total. The summed E-state index contributed by atoms with van der Waals surface area (Å²) in [6.07, 6.45) is 0.552. The summed E-state index contributed by atoms with van der Waals surface area (Å²) in [6, 6.07) is 53.1. The third-order valence-corrected chi connectivity index (χ3v) is 10.9. The Balaban J connectivity index is 0.00000105. The van der Waals surface area contributed by atoms with Gasteiger partial charge < -0.3 is 26.2 Å². The average molecular weight is 887 g/mol. The number of hydrogen-bond acceptors (Lipinski definition) is 6. The van der Waals surface area contributed by atoms with Crippen molar-refractivity contribution in [3.8, 4) is 11.1 Å². The Kier molecular flexibility index (Phi) is 18.4. The Morgan fingerprint density at radius 2 is 1.09 bits per heavy atom. The van der Waals surface area contributed by atoms with Gasteiger partial charge in [-0.3, -0.25) is 14.4 Å². The predicted molar refractivity (Wildman–Crippen MR) is 245 cm³/mol. The lowest BCUT2D eigenvalue weighted by Crippen LogP contribution is -2.48. The van der Waals surface area contributed by atoms with Gasteiger partial charge in [0.2, 0.25) is 11.8 Å². The van der Waals surface area contributed by atoms with Crippen LogP contribution in [0.25, 0.3) is 11.1 Å². The van der Waals surface area contributed by atoms with Gasteiger partial charge in [-0.1, -0.05) is 165 Å². The van der Waals surface area contributed by atoms with Crippen LogP contribution in [0.4, 0.5) is 19.0 Å². The molecular formula is C52H53F3N4O6. The number of halogens is 3. The van der Waals surface area contributed by atoms with Crippen LogP contribution in [0.5, 0.6) is 0 Å². The van der Waals surface area contributed by atoms with Crippen LogP contribution in [0, 0.1) is 0 Å². The van der Waals surface area contributed by atoms with Gasteiger partial charge in [0.25, 0.3) is 0 Å². The van der Waals surface area contributed by atoms with Gasteiger partial charge in [-0.2, -0.15) is 13.2 Å². The minimum Gasteiger partial charge on any atom is -0.481 e. The molecule has 6 aromatic rings. The Hall–Kier alpha value is -7.28. The molecule has 2 atom stereocenters. The van der Waals surface area contributed by atoms with Crippen LogP contribution >= 0.6 is 0 Å². The topological polar surface area (TPSA) is 158 Å². The highest BCUT2D eigenvalue weighted by Crippen LogP contribution is 2.43. The highest BCUT2D eigenvalue weighted by molar-refractivity contribution is 5.88. The Bertz CT molecular complexity index is 2280. The summed E-state index contributed by atoms with van der Waals surface area (Å²) in [5.41, 5.74) is 5.82. The summed E-state index contributed by atoms with van der Waals surface area (Å²) >= 11 is 0. The minimum absolute atomic E-state index is 0.216. The Morgan fingerprint density at radius 1 is 0.585 bits per heavy atom. The molecule has 6 rings (SSSR count). The molecule has 0 aliphatic heterocycles. The van der Waals surface area contributed by atoms with Gasteiger partial charge in [0.1, 0.15) is 11.9 Å². The monoisotopic (exact) mass is 886 g/mol. The molecule has 5 N–H and O–H groups in total. The number of carboxylic acid groups (broad SMARTS) is 2. The summed E-state index contributed by atoms with van der Waals surface area (Å²) in [6.45, 7) is 0.667. The molecule has 0 saturated heterocycles. The number of alkyl halides is 3. The largest absolute Gasteiger partial charge is 0.490 e. The van der Waals surface area contributed by atoms with Gasteiger partial charge in [0, 0.05) is 24.6 Å². The SMILES string of the molecule is O=C(O)C(F)(F)F.O=C(O)CC(NC(=O)[C@H](CCCCC(c1ccccc1)(c1ccccc1)c1ccccc1)NC(=O)CCCCNc1ccccn1)c1ccc(-c2ccccc2)cc1. The van der Waals surface area contributed by atoms with E-state index in [1.165, 1.54) is 16.7 Å². The molecule has 1 aromatic heterocycles. The van der Waals surface area contributed by atoms with Crippen LogP contribution in [0.3, 0.4) is 0 Å². The maximum atomic E-state index is 14.2. The Morgan fingerprint density at radius 3 is 1.58 bits per heavy atom. The van der Waals surface area contributed by atoms with E-state index in [9.17, 15) is 32.7 Å². The molecule has 0 radical (unpaired) electrons. The molecular weight excluding hydrogens is 834 g/mol. The maximum absolute atomic E-state index is 14.2. The van der Waals surface area contributed by atoms with Crippen molar-refractivity contribution < 1.29 is 42.6 Å². The summed E-state index contributed by atoms with van der Waals surface area (Å²) < 4.78 is 31.7. The van der Waals surface area contributed by atoms with E-state index in [-0.39, 0.29) is 18.7 Å². The smallest absolute Gasteiger partial charge is 0.481 e. The van der Waals surface area contributed by atoms with E-state index >= 15 is 0 Å². The lowest BCUT2D eigenvalue weighted by molar-refractivity contribution is -0.192. The molecule has 0 aliphatic carbocycles. The van der Waals surface area contributed by atoms with E-state index in [4.69, 9.17) is 9.90 Å². The minimum atomic E-state index is -5.08. The summed E-state index contributed by atoms with van der Waals surface area (Å²) in [5.74, 6) is -3.62. The van der Waals surface area contributed by atoms with Crippen molar-refractivity contribution in [3.05, 3.63) is 192 Å². The number of nitrogens with zero attached hydrogens (tertiary/aromatic N) is 1. The number of aliphatic carboxylic acids is 2. The van der Waals surface area contributed by atoms with Crippen LogP contribution < -0.4 is 16.0 Å². The van der Waals surface area contributed by atoms with Crippen LogP contribution in [-0.2, 0) is 24.6 Å². The van der Waals surface area contributed by atoms with Gasteiger partial charge in [-0.25, -0.2) is 9.78 Å². The number of carbonyl (C=O) groups excluding carboxylic acids is 2. The number of pyridine rings is 1. The second kappa shape index (κ2) is 24.5. The number of hydrogen-bond donors (Lipinski definition) is 5. The van der Waals surface area contributed by atoms with Gasteiger partial charge in [0.05, 0.1) is 12.5 Å². The number of aromatic nitrogens is 1. The van der Waals surface area contributed by atoms with Crippen molar-refractivity contribution >= 4 is 29.6 Å². The van der Waals surface area contributed by atoms with Gasteiger partial charge in [-0.05, 0) is 71.2 Å². The first-order valence-electron chi connectivity index (χ1n) is 21.5. The summed E-state index contributed by atoms with van der Waals surface area (Å²) in [4.78, 5) is 52.9. The Labute approximate surface area is 377 Å². The highest BCUT2D eigenvalue weighted by atomic mass is 19.4.